The van der Waals surface area contributed by atoms with Crippen molar-refractivity contribution >= 4 is 58.6 Å². The van der Waals surface area contributed by atoms with Gasteiger partial charge in [-0.3, -0.25) is 24.1 Å². The molecule has 4 N–H and O–H groups in total. The minimum atomic E-state index is -2.21. The van der Waals surface area contributed by atoms with Gasteiger partial charge in [-0.15, -0.1) is 11.8 Å². The first-order valence-electron chi connectivity index (χ1n) is 12.6. The Labute approximate surface area is 232 Å². The Morgan fingerprint density at radius 1 is 0.923 bits per heavy atom. The van der Waals surface area contributed by atoms with Gasteiger partial charge in [0.05, 0.1) is 24.0 Å². The van der Waals surface area contributed by atoms with Gasteiger partial charge in [0.25, 0.3) is 0 Å². The Kier molecular flexibility index (Phi) is 9.51. The lowest BCUT2D eigenvalue weighted by Crippen LogP contribution is -2.44. The summed E-state index contributed by atoms with van der Waals surface area (Å²) < 4.78 is 0. The van der Waals surface area contributed by atoms with Crippen LogP contribution in [0, 0.1) is 0 Å². The number of rotatable bonds is 12. The van der Waals surface area contributed by atoms with E-state index in [2.05, 4.69) is 41.7 Å². The molecule has 2 atom stereocenters. The number of nitrogens with two attached hydrogens (primary N) is 1. The summed E-state index contributed by atoms with van der Waals surface area (Å²) in [6.45, 7) is -0.257. The molecule has 2 unspecified atom stereocenters. The van der Waals surface area contributed by atoms with Gasteiger partial charge in [-0.1, -0.05) is 54.6 Å². The van der Waals surface area contributed by atoms with E-state index in [1.54, 1.807) is 0 Å². The Morgan fingerprint density at radius 3 is 1.87 bits per heavy atom. The van der Waals surface area contributed by atoms with Crippen molar-refractivity contribution in [2.75, 3.05) is 25.0 Å². The molecule has 4 rings (SSSR count). The molecule has 1 aliphatic heterocycles. The van der Waals surface area contributed by atoms with E-state index >= 15 is 0 Å². The second-order valence-corrected chi connectivity index (χ2v) is 14.0. The molecule has 1 fully saturated rings. The largest absolute Gasteiger partial charge is 0.480 e. The van der Waals surface area contributed by atoms with Gasteiger partial charge in [0.1, 0.15) is 29.7 Å². The number of amides is 3. The van der Waals surface area contributed by atoms with Crippen LogP contribution in [0.3, 0.4) is 0 Å². The SMILES string of the molecule is NC(CSC1CC(=O)N(CC[P+](c2ccccc2)(c2ccccc2)c2ccccc2)C1=O)C(=O)NCC(=O)O. The van der Waals surface area contributed by atoms with Gasteiger partial charge in [0.2, 0.25) is 17.7 Å². The van der Waals surface area contributed by atoms with E-state index in [9.17, 15) is 19.2 Å². The molecule has 0 radical (unpaired) electrons. The third-order valence-corrected chi connectivity index (χ3v) is 12.4. The zero-order valence-corrected chi connectivity index (χ0v) is 23.0. The number of nitrogens with one attached hydrogen (secondary N) is 1. The average molecular weight is 565 g/mol. The number of carbonyl (C=O) groups is 4. The van der Waals surface area contributed by atoms with Crippen LogP contribution in [0.2, 0.25) is 0 Å². The van der Waals surface area contributed by atoms with Gasteiger partial charge in [-0.2, -0.15) is 0 Å². The van der Waals surface area contributed by atoms with Gasteiger partial charge < -0.3 is 16.2 Å². The second-order valence-electron chi connectivity index (χ2n) is 9.17. The summed E-state index contributed by atoms with van der Waals surface area (Å²) in [5.74, 6) is -2.21. The maximum Gasteiger partial charge on any atom is 0.322 e. The van der Waals surface area contributed by atoms with Crippen molar-refractivity contribution in [3.05, 3.63) is 91.0 Å². The molecule has 0 aliphatic carbocycles. The highest BCUT2D eigenvalue weighted by atomic mass is 32.2. The summed E-state index contributed by atoms with van der Waals surface area (Å²) in [6.07, 6.45) is 0.636. The maximum absolute atomic E-state index is 13.3. The number of aliphatic carboxylic acids is 1. The predicted molar refractivity (Wildman–Crippen MR) is 156 cm³/mol. The van der Waals surface area contributed by atoms with Gasteiger partial charge in [-0.25, -0.2) is 0 Å². The minimum absolute atomic E-state index is 0.0421. The quantitative estimate of drug-likeness (QED) is 0.224. The summed E-state index contributed by atoms with van der Waals surface area (Å²) in [5, 5.41) is 13.8. The van der Waals surface area contributed by atoms with Crippen molar-refractivity contribution in [1.29, 1.82) is 0 Å². The zero-order chi connectivity index (χ0) is 27.8. The van der Waals surface area contributed by atoms with Crippen molar-refractivity contribution in [2.24, 2.45) is 5.73 Å². The number of carbonyl (C=O) groups excluding carboxylic acids is 3. The van der Waals surface area contributed by atoms with Gasteiger partial charge in [0.15, 0.2) is 0 Å². The first-order valence-corrected chi connectivity index (χ1v) is 15.6. The smallest absolute Gasteiger partial charge is 0.322 e. The summed E-state index contributed by atoms with van der Waals surface area (Å²) in [5.41, 5.74) is 5.87. The molecular weight excluding hydrogens is 533 g/mol. The fraction of sp³-hybridized carbons (Fsp3) is 0.241. The zero-order valence-electron chi connectivity index (χ0n) is 21.3. The minimum Gasteiger partial charge on any atom is -0.480 e. The highest BCUT2D eigenvalue weighted by Crippen LogP contribution is 2.55. The normalized spacial score (nSPS) is 16.2. The number of nitrogens with zero attached hydrogens (tertiary/aromatic N) is 1. The van der Waals surface area contributed by atoms with Gasteiger partial charge in [-0.05, 0) is 36.4 Å². The monoisotopic (exact) mass is 564 g/mol. The number of carboxylic acids is 1. The fourth-order valence-corrected chi connectivity index (χ4v) is 10.1. The number of hydrogen-bond donors (Lipinski definition) is 3. The summed E-state index contributed by atoms with van der Waals surface area (Å²) in [6, 6.07) is 29.8. The number of hydrogen-bond acceptors (Lipinski definition) is 6. The molecule has 0 spiro atoms. The van der Waals surface area contributed by atoms with E-state index in [-0.39, 0.29) is 30.5 Å². The fourth-order valence-electron chi connectivity index (χ4n) is 4.74. The topological polar surface area (TPSA) is 130 Å². The molecule has 1 aliphatic rings. The number of likely N-dealkylation sites (tertiary alicyclic amines) is 1. The molecule has 3 amide bonds. The molecule has 0 aromatic heterocycles. The second kappa shape index (κ2) is 13.0. The van der Waals surface area contributed by atoms with Crippen LogP contribution >= 0.6 is 19.0 Å². The van der Waals surface area contributed by atoms with E-state index in [1.807, 2.05) is 54.6 Å². The molecule has 3 aromatic carbocycles. The third-order valence-electron chi connectivity index (χ3n) is 6.68. The Morgan fingerprint density at radius 2 is 1.41 bits per heavy atom. The molecule has 8 nitrogen and oxygen atoms in total. The maximum atomic E-state index is 13.3. The van der Waals surface area contributed by atoms with Crippen LogP contribution in [-0.4, -0.2) is 70.0 Å². The number of thioether (sulfide) groups is 1. The van der Waals surface area contributed by atoms with Crippen molar-refractivity contribution in [3.8, 4) is 0 Å². The van der Waals surface area contributed by atoms with E-state index in [0.717, 1.165) is 11.8 Å². The Balaban J connectivity index is 1.54. The summed E-state index contributed by atoms with van der Waals surface area (Å²) in [4.78, 5) is 50.3. The lowest BCUT2D eigenvalue weighted by molar-refractivity contribution is -0.138. The first-order chi connectivity index (χ1) is 18.8. The van der Waals surface area contributed by atoms with Crippen LogP contribution in [0.15, 0.2) is 91.0 Å². The lowest BCUT2D eigenvalue weighted by atomic mass is 10.3. The lowest BCUT2D eigenvalue weighted by Gasteiger charge is -2.29. The van der Waals surface area contributed by atoms with Crippen LogP contribution < -0.4 is 27.0 Å². The highest BCUT2D eigenvalue weighted by molar-refractivity contribution is 8.00. The predicted octanol–water partition coefficient (Wildman–Crippen LogP) is 1.37. The molecule has 1 heterocycles. The van der Waals surface area contributed by atoms with E-state index in [0.29, 0.717) is 6.16 Å². The van der Waals surface area contributed by atoms with Crippen LogP contribution in [0.1, 0.15) is 6.42 Å². The van der Waals surface area contributed by atoms with Crippen molar-refractivity contribution < 1.29 is 24.3 Å². The van der Waals surface area contributed by atoms with E-state index in [1.165, 1.54) is 20.8 Å². The molecule has 1 saturated heterocycles. The van der Waals surface area contributed by atoms with Crippen LogP contribution in [0.4, 0.5) is 0 Å². The number of imide groups is 1. The van der Waals surface area contributed by atoms with Crippen LogP contribution in [0.25, 0.3) is 0 Å². The number of carboxylic acid groups (broad SMARTS) is 1. The molecule has 202 valence electrons. The van der Waals surface area contributed by atoms with Gasteiger partial charge >= 0.3 is 5.97 Å². The van der Waals surface area contributed by atoms with Crippen molar-refractivity contribution in [2.45, 2.75) is 17.7 Å². The van der Waals surface area contributed by atoms with Crippen LogP contribution in [-0.2, 0) is 19.2 Å². The average Bonchev–Trinajstić information content (AvgIpc) is 3.24. The molecule has 39 heavy (non-hydrogen) atoms. The van der Waals surface area contributed by atoms with E-state index in [4.69, 9.17) is 10.8 Å². The molecule has 0 bridgehead atoms. The summed E-state index contributed by atoms with van der Waals surface area (Å²) in [7, 11) is -2.21. The van der Waals surface area contributed by atoms with Gasteiger partial charge in [0, 0.05) is 12.2 Å². The third kappa shape index (κ3) is 6.56. The first kappa shape index (κ1) is 28.5. The van der Waals surface area contributed by atoms with Crippen LogP contribution in [0.5, 0.6) is 0 Å². The molecule has 10 heteroatoms. The number of benzene rings is 3. The van der Waals surface area contributed by atoms with E-state index < -0.39 is 37.0 Å². The Bertz CT molecular complexity index is 1210. The van der Waals surface area contributed by atoms with Crippen molar-refractivity contribution in [1.82, 2.24) is 10.2 Å². The molecule has 3 aromatic rings. The molecule has 0 saturated carbocycles. The summed E-state index contributed by atoms with van der Waals surface area (Å²) >= 11 is 1.16. The Hall–Kier alpha value is -3.52. The standard InChI is InChI=1S/C29H30N3O5PS/c30-24(28(36)31-19-27(34)35)20-39-25-18-26(33)32(29(25)37)16-17-38(21-10-4-1-5-11-21,22-12-6-2-7-13-22)23-14-8-3-9-15-23/h1-15,24-25H,16-20,30H2,(H-,31,34,35,36)/p+1. The highest BCUT2D eigenvalue weighted by Gasteiger charge is 2.47. The van der Waals surface area contributed by atoms with Crippen molar-refractivity contribution in [3.63, 3.8) is 0 Å². The molecular formula is C29H31N3O5PS+.